The van der Waals surface area contributed by atoms with E-state index in [0.29, 0.717) is 11.4 Å². The molecule has 0 aliphatic heterocycles. The second-order valence-electron chi connectivity index (χ2n) is 5.34. The first kappa shape index (κ1) is 17.1. The third kappa shape index (κ3) is 3.67. The number of hydrogen-bond acceptors (Lipinski definition) is 3. The van der Waals surface area contributed by atoms with Crippen molar-refractivity contribution in [3.63, 3.8) is 0 Å². The third-order valence-electron chi connectivity index (χ3n) is 3.63. The summed E-state index contributed by atoms with van der Waals surface area (Å²) in [5.74, 6) is -2.31. The van der Waals surface area contributed by atoms with E-state index >= 15 is 0 Å². The molecule has 2 aromatic carbocycles. The van der Waals surface area contributed by atoms with Crippen LogP contribution in [0.3, 0.4) is 0 Å². The van der Waals surface area contributed by atoms with Gasteiger partial charge in [-0.2, -0.15) is 5.10 Å². The van der Waals surface area contributed by atoms with Crippen molar-refractivity contribution < 1.29 is 19.1 Å². The van der Waals surface area contributed by atoms with Crippen molar-refractivity contribution >= 4 is 18.1 Å². The van der Waals surface area contributed by atoms with Gasteiger partial charge < -0.3 is 9.67 Å². The Hall–Kier alpha value is -3.74. The summed E-state index contributed by atoms with van der Waals surface area (Å²) in [4.78, 5) is 23.0. The average Bonchev–Trinajstić information content (AvgIpc) is 3.10. The summed E-state index contributed by atoms with van der Waals surface area (Å²) < 4.78 is 15.3. The molecule has 1 amide bonds. The minimum atomic E-state index is -1.02. The van der Waals surface area contributed by atoms with Crippen LogP contribution in [-0.2, 0) is 0 Å². The van der Waals surface area contributed by atoms with E-state index in [4.69, 9.17) is 5.11 Å². The number of rotatable bonds is 5. The normalized spacial score (nSPS) is 10.8. The number of carbonyl (C=O) groups excluding carboxylic acids is 1. The van der Waals surface area contributed by atoms with Gasteiger partial charge in [0.2, 0.25) is 0 Å². The van der Waals surface area contributed by atoms with Gasteiger partial charge in [-0.3, -0.25) is 4.79 Å². The molecular formula is C19H14FN3O3. The fraction of sp³-hybridized carbons (Fsp3) is 0. The Morgan fingerprint density at radius 2 is 1.88 bits per heavy atom. The molecule has 1 aromatic heterocycles. The van der Waals surface area contributed by atoms with Gasteiger partial charge in [-0.1, -0.05) is 18.2 Å². The highest BCUT2D eigenvalue weighted by atomic mass is 19.1. The lowest BCUT2D eigenvalue weighted by Gasteiger charge is -2.07. The summed E-state index contributed by atoms with van der Waals surface area (Å²) in [6, 6.07) is 15.5. The Balaban J connectivity index is 1.78. The fourth-order valence-corrected chi connectivity index (χ4v) is 2.39. The molecule has 1 heterocycles. The van der Waals surface area contributed by atoms with Gasteiger partial charge in [-0.05, 0) is 42.5 Å². The predicted octanol–water partition coefficient (Wildman–Crippen LogP) is 3.08. The standard InChI is InChI=1S/C19H14FN3O3/c20-17-9-2-1-8-16(17)18(24)22-21-12-15-7-4-10-23(15)14-6-3-5-13(11-14)19(25)26/h1-12H,(H,22,24)(H,25,26)/b21-12-. The molecule has 0 aliphatic carbocycles. The van der Waals surface area contributed by atoms with Gasteiger partial charge in [-0.15, -0.1) is 0 Å². The van der Waals surface area contributed by atoms with Gasteiger partial charge >= 0.3 is 5.97 Å². The quantitative estimate of drug-likeness (QED) is 0.547. The number of carbonyl (C=O) groups is 2. The number of benzene rings is 2. The SMILES string of the molecule is O=C(O)c1cccc(-n2cccc2/C=N\NC(=O)c2ccccc2F)c1. The second kappa shape index (κ2) is 7.43. The molecule has 0 saturated carbocycles. The second-order valence-corrected chi connectivity index (χ2v) is 5.34. The molecule has 7 heteroatoms. The Morgan fingerprint density at radius 1 is 1.08 bits per heavy atom. The van der Waals surface area contributed by atoms with Gasteiger partial charge in [-0.25, -0.2) is 14.6 Å². The van der Waals surface area contributed by atoms with Gasteiger partial charge in [0, 0.05) is 11.9 Å². The van der Waals surface area contributed by atoms with Crippen LogP contribution >= 0.6 is 0 Å². The van der Waals surface area contributed by atoms with Crippen LogP contribution < -0.4 is 5.43 Å². The van der Waals surface area contributed by atoms with Crippen molar-refractivity contribution in [2.24, 2.45) is 5.10 Å². The van der Waals surface area contributed by atoms with E-state index in [9.17, 15) is 14.0 Å². The molecular weight excluding hydrogens is 337 g/mol. The number of hydrazone groups is 1. The number of carboxylic acids is 1. The van der Waals surface area contributed by atoms with Crippen LogP contribution in [0.5, 0.6) is 0 Å². The molecule has 0 fully saturated rings. The number of aromatic nitrogens is 1. The number of aromatic carboxylic acids is 1. The van der Waals surface area contributed by atoms with Crippen LogP contribution in [0.4, 0.5) is 4.39 Å². The van der Waals surface area contributed by atoms with E-state index in [0.717, 1.165) is 0 Å². The van der Waals surface area contributed by atoms with Crippen molar-refractivity contribution in [1.29, 1.82) is 0 Å². The highest BCUT2D eigenvalue weighted by Gasteiger charge is 2.10. The number of carboxylic acid groups (broad SMARTS) is 1. The van der Waals surface area contributed by atoms with Gasteiger partial charge in [0.05, 0.1) is 23.0 Å². The molecule has 0 bridgehead atoms. The molecule has 0 saturated heterocycles. The Bertz CT molecular complexity index is 995. The Kier molecular flexibility index (Phi) is 4.89. The summed E-state index contributed by atoms with van der Waals surface area (Å²) in [6.07, 6.45) is 3.13. The van der Waals surface area contributed by atoms with Crippen LogP contribution in [0.2, 0.25) is 0 Å². The van der Waals surface area contributed by atoms with Crippen molar-refractivity contribution in [3.8, 4) is 5.69 Å². The van der Waals surface area contributed by atoms with Crippen LogP contribution in [0, 0.1) is 5.82 Å². The number of nitrogens with one attached hydrogen (secondary N) is 1. The topological polar surface area (TPSA) is 83.7 Å². The first-order valence-corrected chi connectivity index (χ1v) is 7.65. The summed E-state index contributed by atoms with van der Waals surface area (Å²) in [5, 5.41) is 12.9. The third-order valence-corrected chi connectivity index (χ3v) is 3.63. The first-order chi connectivity index (χ1) is 12.6. The average molecular weight is 351 g/mol. The number of halogens is 1. The molecule has 0 radical (unpaired) electrons. The summed E-state index contributed by atoms with van der Waals surface area (Å²) in [5.41, 5.74) is 3.57. The lowest BCUT2D eigenvalue weighted by atomic mass is 10.2. The van der Waals surface area contributed by atoms with Crippen molar-refractivity contribution in [2.75, 3.05) is 0 Å². The van der Waals surface area contributed by atoms with E-state index in [1.54, 1.807) is 41.1 Å². The van der Waals surface area contributed by atoms with E-state index in [-0.39, 0.29) is 11.1 Å². The highest BCUT2D eigenvalue weighted by Crippen LogP contribution is 2.14. The minimum absolute atomic E-state index is 0.103. The van der Waals surface area contributed by atoms with Crippen molar-refractivity contribution in [3.05, 3.63) is 89.5 Å². The van der Waals surface area contributed by atoms with Crippen LogP contribution in [-0.4, -0.2) is 27.8 Å². The molecule has 3 aromatic rings. The zero-order valence-electron chi connectivity index (χ0n) is 13.5. The number of nitrogens with zero attached hydrogens (tertiary/aromatic N) is 2. The highest BCUT2D eigenvalue weighted by molar-refractivity contribution is 5.95. The van der Waals surface area contributed by atoms with E-state index in [2.05, 4.69) is 10.5 Å². The molecule has 0 unspecified atom stereocenters. The lowest BCUT2D eigenvalue weighted by Crippen LogP contribution is -2.19. The maximum atomic E-state index is 13.6. The molecule has 2 N–H and O–H groups in total. The zero-order chi connectivity index (χ0) is 18.5. The van der Waals surface area contributed by atoms with Crippen LogP contribution in [0.15, 0.2) is 72.0 Å². The largest absolute Gasteiger partial charge is 0.478 e. The van der Waals surface area contributed by atoms with Crippen molar-refractivity contribution in [1.82, 2.24) is 9.99 Å². The summed E-state index contributed by atoms with van der Waals surface area (Å²) in [6.45, 7) is 0. The summed E-state index contributed by atoms with van der Waals surface area (Å²) in [7, 11) is 0. The van der Waals surface area contributed by atoms with Crippen molar-refractivity contribution in [2.45, 2.75) is 0 Å². The van der Waals surface area contributed by atoms with E-state index in [1.165, 1.54) is 36.5 Å². The summed E-state index contributed by atoms with van der Waals surface area (Å²) >= 11 is 0. The molecule has 0 aliphatic rings. The van der Waals surface area contributed by atoms with E-state index in [1.807, 2.05) is 0 Å². The molecule has 130 valence electrons. The molecule has 3 rings (SSSR count). The van der Waals surface area contributed by atoms with E-state index < -0.39 is 17.7 Å². The smallest absolute Gasteiger partial charge is 0.335 e. The predicted molar refractivity (Wildman–Crippen MR) is 94.2 cm³/mol. The number of hydrogen-bond donors (Lipinski definition) is 2. The van der Waals surface area contributed by atoms with Gasteiger partial charge in [0.25, 0.3) is 5.91 Å². The Morgan fingerprint density at radius 3 is 2.65 bits per heavy atom. The lowest BCUT2D eigenvalue weighted by molar-refractivity contribution is 0.0696. The Labute approximate surface area is 148 Å². The fourth-order valence-electron chi connectivity index (χ4n) is 2.39. The molecule has 0 atom stereocenters. The minimum Gasteiger partial charge on any atom is -0.478 e. The molecule has 26 heavy (non-hydrogen) atoms. The number of amides is 1. The maximum Gasteiger partial charge on any atom is 0.335 e. The van der Waals surface area contributed by atoms with Crippen LogP contribution in [0.25, 0.3) is 5.69 Å². The monoisotopic (exact) mass is 351 g/mol. The molecule has 6 nitrogen and oxygen atoms in total. The van der Waals surface area contributed by atoms with Gasteiger partial charge in [0.15, 0.2) is 0 Å². The first-order valence-electron chi connectivity index (χ1n) is 7.65. The van der Waals surface area contributed by atoms with Gasteiger partial charge in [0.1, 0.15) is 5.82 Å². The van der Waals surface area contributed by atoms with Crippen LogP contribution in [0.1, 0.15) is 26.4 Å². The zero-order valence-corrected chi connectivity index (χ0v) is 13.5. The maximum absolute atomic E-state index is 13.6. The molecule has 0 spiro atoms.